The van der Waals surface area contributed by atoms with E-state index in [0.717, 1.165) is 0 Å². The van der Waals surface area contributed by atoms with Gasteiger partial charge in [-0.15, -0.1) is 0 Å². The Bertz CT molecular complexity index is 898. The SMILES string of the molecule is COc1ccc(C(=O)N/C(=C/c2ccccc2)C(=O)NC(CCSC)C(=O)O)cc1. The number of benzene rings is 2. The van der Waals surface area contributed by atoms with Crippen molar-refractivity contribution in [2.45, 2.75) is 12.5 Å². The fourth-order valence-corrected chi connectivity index (χ4v) is 3.01. The molecule has 0 aliphatic rings. The zero-order chi connectivity index (χ0) is 21.9. The van der Waals surface area contributed by atoms with Crippen molar-refractivity contribution in [2.75, 3.05) is 19.1 Å². The van der Waals surface area contributed by atoms with Crippen LogP contribution in [0.1, 0.15) is 22.3 Å². The molecule has 30 heavy (non-hydrogen) atoms. The van der Waals surface area contributed by atoms with E-state index in [-0.39, 0.29) is 12.1 Å². The van der Waals surface area contributed by atoms with Gasteiger partial charge in [-0.2, -0.15) is 11.8 Å². The van der Waals surface area contributed by atoms with E-state index in [1.165, 1.54) is 24.9 Å². The summed E-state index contributed by atoms with van der Waals surface area (Å²) in [5, 5.41) is 14.5. The minimum atomic E-state index is -1.13. The summed E-state index contributed by atoms with van der Waals surface area (Å²) in [5.74, 6) is -1.12. The van der Waals surface area contributed by atoms with Crippen LogP contribution in [0.25, 0.3) is 6.08 Å². The molecule has 2 aromatic rings. The van der Waals surface area contributed by atoms with Crippen molar-refractivity contribution >= 4 is 35.6 Å². The molecule has 3 N–H and O–H groups in total. The molecule has 1 unspecified atom stereocenters. The summed E-state index contributed by atoms with van der Waals surface area (Å²) >= 11 is 1.49. The third-order valence-corrected chi connectivity index (χ3v) is 4.81. The van der Waals surface area contributed by atoms with Crippen molar-refractivity contribution in [3.63, 3.8) is 0 Å². The van der Waals surface area contributed by atoms with Crippen molar-refractivity contribution in [1.29, 1.82) is 0 Å². The highest BCUT2D eigenvalue weighted by Crippen LogP contribution is 2.13. The van der Waals surface area contributed by atoms with Gasteiger partial charge in [0.1, 0.15) is 17.5 Å². The molecule has 0 saturated heterocycles. The summed E-state index contributed by atoms with van der Waals surface area (Å²) in [5.41, 5.74) is 0.978. The van der Waals surface area contributed by atoms with Crippen LogP contribution in [0, 0.1) is 0 Å². The zero-order valence-corrected chi connectivity index (χ0v) is 17.6. The van der Waals surface area contributed by atoms with Gasteiger partial charge in [0.2, 0.25) is 0 Å². The number of ether oxygens (including phenoxy) is 1. The lowest BCUT2D eigenvalue weighted by molar-refractivity contribution is -0.141. The van der Waals surface area contributed by atoms with Gasteiger partial charge in [0.15, 0.2) is 0 Å². The Morgan fingerprint density at radius 3 is 2.33 bits per heavy atom. The molecule has 0 bridgehead atoms. The monoisotopic (exact) mass is 428 g/mol. The van der Waals surface area contributed by atoms with E-state index >= 15 is 0 Å². The Balaban J connectivity index is 2.25. The Morgan fingerprint density at radius 1 is 1.10 bits per heavy atom. The van der Waals surface area contributed by atoms with E-state index in [1.54, 1.807) is 48.5 Å². The molecule has 0 fully saturated rings. The van der Waals surface area contributed by atoms with Crippen molar-refractivity contribution < 1.29 is 24.2 Å². The number of hydrogen-bond donors (Lipinski definition) is 3. The molecule has 0 aliphatic heterocycles. The Hall–Kier alpha value is -3.26. The van der Waals surface area contributed by atoms with E-state index in [1.807, 2.05) is 12.3 Å². The van der Waals surface area contributed by atoms with Crippen LogP contribution in [0.2, 0.25) is 0 Å². The maximum absolute atomic E-state index is 12.8. The Kier molecular flexibility index (Phi) is 8.96. The number of hydrogen-bond acceptors (Lipinski definition) is 5. The fourth-order valence-electron chi connectivity index (χ4n) is 2.54. The highest BCUT2D eigenvalue weighted by molar-refractivity contribution is 7.98. The second kappa shape index (κ2) is 11.7. The van der Waals surface area contributed by atoms with E-state index in [2.05, 4.69) is 10.6 Å². The quantitative estimate of drug-likeness (QED) is 0.503. The molecule has 0 radical (unpaired) electrons. The van der Waals surface area contributed by atoms with Gasteiger partial charge in [0.05, 0.1) is 7.11 Å². The molecule has 0 aliphatic carbocycles. The van der Waals surface area contributed by atoms with Crippen LogP contribution in [0.4, 0.5) is 0 Å². The largest absolute Gasteiger partial charge is 0.497 e. The normalized spacial score (nSPS) is 12.0. The molecule has 2 rings (SSSR count). The second-order valence-electron chi connectivity index (χ2n) is 6.30. The number of carbonyl (C=O) groups is 3. The summed E-state index contributed by atoms with van der Waals surface area (Å²) < 4.78 is 5.08. The maximum Gasteiger partial charge on any atom is 0.326 e. The van der Waals surface area contributed by atoms with Crippen LogP contribution in [-0.4, -0.2) is 48.1 Å². The molecule has 2 aromatic carbocycles. The maximum atomic E-state index is 12.8. The van der Waals surface area contributed by atoms with Gasteiger partial charge in [-0.3, -0.25) is 9.59 Å². The summed E-state index contributed by atoms with van der Waals surface area (Å²) in [6, 6.07) is 14.3. The number of carboxylic acid groups (broad SMARTS) is 1. The van der Waals surface area contributed by atoms with Gasteiger partial charge in [-0.1, -0.05) is 30.3 Å². The molecule has 0 saturated carbocycles. The molecule has 8 heteroatoms. The van der Waals surface area contributed by atoms with Crippen molar-refractivity contribution in [3.05, 3.63) is 71.4 Å². The second-order valence-corrected chi connectivity index (χ2v) is 7.28. The fraction of sp³-hybridized carbons (Fsp3) is 0.227. The highest BCUT2D eigenvalue weighted by atomic mass is 32.2. The lowest BCUT2D eigenvalue weighted by Crippen LogP contribution is -2.44. The number of rotatable bonds is 10. The number of carboxylic acids is 1. The van der Waals surface area contributed by atoms with Gasteiger partial charge in [-0.25, -0.2) is 4.79 Å². The molecule has 0 aromatic heterocycles. The van der Waals surface area contributed by atoms with Crippen molar-refractivity contribution in [1.82, 2.24) is 10.6 Å². The average Bonchev–Trinajstić information content (AvgIpc) is 2.76. The first-order valence-electron chi connectivity index (χ1n) is 9.19. The average molecular weight is 429 g/mol. The molecular formula is C22H24N2O5S. The molecule has 1 atom stereocenters. The van der Waals surface area contributed by atoms with Gasteiger partial charge in [0, 0.05) is 5.56 Å². The number of methoxy groups -OCH3 is 1. The summed E-state index contributed by atoms with van der Waals surface area (Å²) in [6.45, 7) is 0. The topological polar surface area (TPSA) is 105 Å². The predicted octanol–water partition coefficient (Wildman–Crippen LogP) is 2.79. The number of aliphatic carboxylic acids is 1. The standard InChI is InChI=1S/C22H24N2O5S/c1-29-17-10-8-16(9-11-17)20(25)24-19(14-15-6-4-3-5-7-15)21(26)23-18(22(27)28)12-13-30-2/h3-11,14,18H,12-13H2,1-2H3,(H,23,26)(H,24,25)(H,27,28)/b19-14+. The van der Waals surface area contributed by atoms with Crippen LogP contribution >= 0.6 is 11.8 Å². The van der Waals surface area contributed by atoms with Crippen LogP contribution in [-0.2, 0) is 9.59 Å². The Labute approximate surface area is 179 Å². The Morgan fingerprint density at radius 2 is 1.77 bits per heavy atom. The first-order valence-corrected chi connectivity index (χ1v) is 10.6. The zero-order valence-electron chi connectivity index (χ0n) is 16.8. The van der Waals surface area contributed by atoms with Gasteiger partial charge < -0.3 is 20.5 Å². The summed E-state index contributed by atoms with van der Waals surface area (Å²) in [7, 11) is 1.52. The number of carbonyl (C=O) groups excluding carboxylic acids is 2. The number of nitrogens with one attached hydrogen (secondary N) is 2. The molecule has 0 heterocycles. The van der Waals surface area contributed by atoms with Gasteiger partial charge in [-0.05, 0) is 54.3 Å². The van der Waals surface area contributed by atoms with Crippen LogP contribution in [0.5, 0.6) is 5.75 Å². The number of amides is 2. The van der Waals surface area contributed by atoms with Crippen molar-refractivity contribution in [2.24, 2.45) is 0 Å². The van der Waals surface area contributed by atoms with E-state index in [9.17, 15) is 19.5 Å². The van der Waals surface area contributed by atoms with Gasteiger partial charge >= 0.3 is 5.97 Å². The minimum Gasteiger partial charge on any atom is -0.497 e. The van der Waals surface area contributed by atoms with E-state index in [0.29, 0.717) is 22.6 Å². The molecule has 7 nitrogen and oxygen atoms in total. The highest BCUT2D eigenvalue weighted by Gasteiger charge is 2.22. The first kappa shape index (κ1) is 23.0. The molecule has 158 valence electrons. The summed E-state index contributed by atoms with van der Waals surface area (Å²) in [4.78, 5) is 36.9. The molecule has 2 amide bonds. The van der Waals surface area contributed by atoms with Crippen LogP contribution < -0.4 is 15.4 Å². The lowest BCUT2D eigenvalue weighted by atomic mass is 10.1. The van der Waals surface area contributed by atoms with E-state index in [4.69, 9.17) is 4.74 Å². The first-order chi connectivity index (χ1) is 14.4. The predicted molar refractivity (Wildman–Crippen MR) is 117 cm³/mol. The molecule has 0 spiro atoms. The lowest BCUT2D eigenvalue weighted by Gasteiger charge is -2.16. The van der Waals surface area contributed by atoms with Crippen LogP contribution in [0.3, 0.4) is 0 Å². The molecular weight excluding hydrogens is 404 g/mol. The third kappa shape index (κ3) is 6.97. The van der Waals surface area contributed by atoms with E-state index < -0.39 is 23.8 Å². The minimum absolute atomic E-state index is 0.0441. The third-order valence-electron chi connectivity index (χ3n) is 4.17. The smallest absolute Gasteiger partial charge is 0.326 e. The van der Waals surface area contributed by atoms with Crippen LogP contribution in [0.15, 0.2) is 60.3 Å². The summed E-state index contributed by atoms with van der Waals surface area (Å²) in [6.07, 6.45) is 3.63. The number of thioether (sulfide) groups is 1. The van der Waals surface area contributed by atoms with Gasteiger partial charge in [0.25, 0.3) is 11.8 Å². The van der Waals surface area contributed by atoms with Crippen molar-refractivity contribution in [3.8, 4) is 5.75 Å².